The van der Waals surface area contributed by atoms with Gasteiger partial charge in [0.05, 0.1) is 38.8 Å². The number of nitrogens with one attached hydrogen (secondary N) is 6. The maximum absolute atomic E-state index is 8.65. The Labute approximate surface area is 192 Å². The van der Waals surface area contributed by atoms with E-state index in [2.05, 4.69) is 19.9 Å². The second-order valence-electron chi connectivity index (χ2n) is 8.35. The highest BCUT2D eigenvalue weighted by molar-refractivity contribution is 5.98. The van der Waals surface area contributed by atoms with E-state index in [1.165, 1.54) is 0 Å². The van der Waals surface area contributed by atoms with Crippen LogP contribution >= 0.6 is 0 Å². The molecule has 8 bridgehead atoms. The van der Waals surface area contributed by atoms with Gasteiger partial charge in [0.1, 0.15) is 10.7 Å². The van der Waals surface area contributed by atoms with Crippen molar-refractivity contribution in [2.45, 2.75) is 0 Å². The van der Waals surface area contributed by atoms with Crippen molar-refractivity contribution in [3.05, 3.63) is 83.5 Å². The molecule has 34 heavy (non-hydrogen) atoms. The number of hydrogen-bond donors (Lipinski definition) is 8. The van der Waals surface area contributed by atoms with Crippen LogP contribution in [0, 0.1) is 10.8 Å². The summed E-state index contributed by atoms with van der Waals surface area (Å²) < 4.78 is 0. The topological polar surface area (TPSA) is 163 Å². The van der Waals surface area contributed by atoms with E-state index in [1.807, 2.05) is 72.8 Å². The van der Waals surface area contributed by atoms with Gasteiger partial charge in [0.2, 0.25) is 0 Å². The van der Waals surface area contributed by atoms with Gasteiger partial charge in [0, 0.05) is 22.3 Å². The van der Waals surface area contributed by atoms with Gasteiger partial charge in [-0.2, -0.15) is 0 Å². The third kappa shape index (κ3) is 3.17. The largest absolute Gasteiger partial charge is 0.399 e. The van der Waals surface area contributed by atoms with Crippen molar-refractivity contribution in [1.29, 1.82) is 10.8 Å². The van der Waals surface area contributed by atoms with Gasteiger partial charge >= 0.3 is 0 Å². The van der Waals surface area contributed by atoms with Crippen LogP contribution in [0.2, 0.25) is 0 Å². The van der Waals surface area contributed by atoms with E-state index in [4.69, 9.17) is 22.3 Å². The Morgan fingerprint density at radius 3 is 1.88 bits per heavy atom. The second-order valence-corrected chi connectivity index (χ2v) is 8.35. The highest BCUT2D eigenvalue weighted by Gasteiger charge is 2.09. The first-order valence-corrected chi connectivity index (χ1v) is 10.8. The van der Waals surface area contributed by atoms with E-state index in [9.17, 15) is 0 Å². The first kappa shape index (κ1) is 19.7. The molecule has 8 nitrogen and oxygen atoms in total. The molecule has 0 aliphatic rings. The molecule has 0 atom stereocenters. The summed E-state index contributed by atoms with van der Waals surface area (Å²) in [5.74, 6) is 0. The van der Waals surface area contributed by atoms with E-state index in [-0.39, 0.29) is 5.36 Å². The van der Waals surface area contributed by atoms with Crippen LogP contribution in [0.25, 0.3) is 55.3 Å². The first-order valence-electron chi connectivity index (χ1n) is 10.8. The van der Waals surface area contributed by atoms with Gasteiger partial charge in [0.25, 0.3) is 0 Å². The van der Waals surface area contributed by atoms with Crippen LogP contribution in [-0.4, -0.2) is 19.9 Å². The SMILES string of the molecule is N=c1c2ccc(cc3cc(-c4cccc(N)c4)c([nH]3)c(N)c3ccc([nH]3)c(=N)c3ccc1[nH]3)[nH]2. The maximum Gasteiger partial charge on any atom is 0.101 e. The van der Waals surface area contributed by atoms with Crippen molar-refractivity contribution in [2.75, 3.05) is 11.5 Å². The zero-order valence-electron chi connectivity index (χ0n) is 18.1. The fourth-order valence-electron chi connectivity index (χ4n) is 4.32. The predicted molar refractivity (Wildman–Crippen MR) is 137 cm³/mol. The third-order valence-corrected chi connectivity index (χ3v) is 6.06. The molecular weight excluding hydrogens is 424 g/mol. The zero-order valence-corrected chi connectivity index (χ0v) is 18.1. The smallest absolute Gasteiger partial charge is 0.101 e. The van der Waals surface area contributed by atoms with Crippen molar-refractivity contribution in [3.8, 4) is 11.1 Å². The average Bonchev–Trinajstić information content (AvgIpc) is 3.64. The quantitative estimate of drug-likeness (QED) is 0.174. The number of hydrogen-bond acceptors (Lipinski definition) is 4. The average molecular weight is 447 g/mol. The van der Waals surface area contributed by atoms with Crippen LogP contribution in [0.4, 0.5) is 11.4 Å². The lowest BCUT2D eigenvalue weighted by atomic mass is 10.1. The Bertz CT molecular complexity index is 1930. The van der Waals surface area contributed by atoms with Crippen LogP contribution < -0.4 is 22.2 Å². The van der Waals surface area contributed by atoms with Crippen molar-refractivity contribution in [3.63, 3.8) is 0 Å². The summed E-state index contributed by atoms with van der Waals surface area (Å²) in [5, 5.41) is 17.9. The molecule has 10 N–H and O–H groups in total. The van der Waals surface area contributed by atoms with E-state index < -0.39 is 0 Å². The molecular formula is C26H22N8. The summed E-state index contributed by atoms with van der Waals surface area (Å²) in [6, 6.07) is 22.8. The van der Waals surface area contributed by atoms with Crippen LogP contribution in [0.3, 0.4) is 0 Å². The Morgan fingerprint density at radius 2 is 1.18 bits per heavy atom. The molecule has 5 aromatic heterocycles. The van der Waals surface area contributed by atoms with Crippen molar-refractivity contribution in [2.24, 2.45) is 0 Å². The summed E-state index contributed by atoms with van der Waals surface area (Å²) in [5.41, 5.74) is 21.5. The van der Waals surface area contributed by atoms with Gasteiger partial charge in [-0.15, -0.1) is 0 Å². The molecule has 6 aromatic rings. The molecule has 0 saturated carbocycles. The lowest BCUT2D eigenvalue weighted by Crippen LogP contribution is -2.01. The molecule has 6 rings (SSSR count). The zero-order chi connectivity index (χ0) is 23.4. The minimum Gasteiger partial charge on any atom is -0.399 e. The molecule has 0 unspecified atom stereocenters. The monoisotopic (exact) mass is 446 g/mol. The Kier molecular flexibility index (Phi) is 4.21. The third-order valence-electron chi connectivity index (χ3n) is 6.06. The lowest BCUT2D eigenvalue weighted by Gasteiger charge is -2.02. The molecule has 0 amide bonds. The van der Waals surface area contributed by atoms with Crippen LogP contribution in [-0.2, 0) is 0 Å². The number of aromatic nitrogens is 4. The Morgan fingerprint density at radius 1 is 0.559 bits per heavy atom. The van der Waals surface area contributed by atoms with Crippen molar-refractivity contribution in [1.82, 2.24) is 19.9 Å². The number of H-pyrrole nitrogens is 4. The second kappa shape index (κ2) is 7.28. The molecule has 0 radical (unpaired) electrons. The van der Waals surface area contributed by atoms with Crippen LogP contribution in [0.1, 0.15) is 0 Å². The molecule has 166 valence electrons. The number of nitrogens with two attached hydrogens (primary N) is 2. The molecule has 1 aromatic carbocycles. The van der Waals surface area contributed by atoms with E-state index in [1.54, 1.807) is 0 Å². The summed E-state index contributed by atoms with van der Waals surface area (Å²) in [7, 11) is 0. The van der Waals surface area contributed by atoms with Crippen LogP contribution in [0.5, 0.6) is 0 Å². The fraction of sp³-hybridized carbons (Fsp3) is 0. The standard InChI is InChI=1S/C26H22N8/c27-14-3-1-2-13(10-14)17-12-16-11-15-4-5-18(31-15)23(28)19-6-7-20(33-19)24(29)21-8-9-22(34-21)25(30)26(17)32-16/h1-12,28-29,31-34H,27,30H2. The molecule has 0 saturated heterocycles. The Hall–Kier alpha value is -4.98. The van der Waals surface area contributed by atoms with Gasteiger partial charge in [-0.05, 0) is 66.2 Å². The first-order chi connectivity index (χ1) is 16.5. The minimum absolute atomic E-state index is 0.286. The number of fused-ring (bicyclic) bond motifs is 8. The maximum atomic E-state index is 8.65. The van der Waals surface area contributed by atoms with Crippen molar-refractivity contribution < 1.29 is 0 Å². The number of rotatable bonds is 1. The highest BCUT2D eigenvalue weighted by atomic mass is 14.8. The molecule has 0 spiro atoms. The van der Waals surface area contributed by atoms with Crippen molar-refractivity contribution >= 4 is 55.5 Å². The Balaban J connectivity index is 1.80. The molecule has 0 aliphatic carbocycles. The molecule has 5 heterocycles. The van der Waals surface area contributed by atoms with Gasteiger partial charge in [-0.25, -0.2) is 0 Å². The summed E-state index contributed by atoms with van der Waals surface area (Å²) in [6.07, 6.45) is 0. The summed E-state index contributed by atoms with van der Waals surface area (Å²) in [4.78, 5) is 13.2. The molecule has 0 fully saturated rings. The number of benzene rings is 1. The van der Waals surface area contributed by atoms with Gasteiger partial charge in [-0.3, -0.25) is 10.8 Å². The van der Waals surface area contributed by atoms with E-state index in [0.717, 1.165) is 27.7 Å². The normalized spacial score (nSPS) is 11.4. The summed E-state index contributed by atoms with van der Waals surface area (Å²) >= 11 is 0. The number of anilines is 2. The van der Waals surface area contributed by atoms with Crippen LogP contribution in [0.15, 0.2) is 72.8 Å². The predicted octanol–water partition coefficient (Wildman–Crippen LogP) is 4.53. The highest BCUT2D eigenvalue weighted by Crippen LogP contribution is 2.32. The number of nitrogen functional groups attached to an aromatic ring is 2. The van der Waals surface area contributed by atoms with Gasteiger partial charge in [0.15, 0.2) is 0 Å². The van der Waals surface area contributed by atoms with E-state index >= 15 is 0 Å². The van der Waals surface area contributed by atoms with Gasteiger partial charge in [-0.1, -0.05) is 12.1 Å². The lowest BCUT2D eigenvalue weighted by molar-refractivity contribution is 1.27. The fourth-order valence-corrected chi connectivity index (χ4v) is 4.32. The minimum atomic E-state index is 0.286. The van der Waals surface area contributed by atoms with Gasteiger partial charge < -0.3 is 31.4 Å². The van der Waals surface area contributed by atoms with E-state index in [0.29, 0.717) is 44.3 Å². The number of aromatic amines is 4. The molecule has 0 aliphatic heterocycles. The molecule has 8 heteroatoms. The summed E-state index contributed by atoms with van der Waals surface area (Å²) in [6.45, 7) is 0.